The highest BCUT2D eigenvalue weighted by atomic mass is 32.1. The molecule has 2 aromatic carbocycles. The predicted octanol–water partition coefficient (Wildman–Crippen LogP) is 5.39. The maximum atomic E-state index is 14.4. The SMILES string of the molecule is CCOC(=O)N(Cc1ccccc1F)c1sc(-c2ccc([N+](=O)[O-])cc2)c(CN(C)C)c1C(=O)O. The molecule has 0 radical (unpaired) electrons. The highest BCUT2D eigenvalue weighted by Crippen LogP contribution is 2.44. The molecule has 0 saturated carbocycles. The second-order valence-corrected chi connectivity index (χ2v) is 8.81. The van der Waals surface area contributed by atoms with Crippen molar-refractivity contribution in [3.8, 4) is 10.4 Å². The van der Waals surface area contributed by atoms with Crippen LogP contribution in [0.5, 0.6) is 0 Å². The highest BCUT2D eigenvalue weighted by molar-refractivity contribution is 7.20. The minimum Gasteiger partial charge on any atom is -0.478 e. The third kappa shape index (κ3) is 5.81. The first kappa shape index (κ1) is 25.8. The molecule has 35 heavy (non-hydrogen) atoms. The summed E-state index contributed by atoms with van der Waals surface area (Å²) in [6, 6.07) is 11.6. The number of thiophene rings is 1. The first-order chi connectivity index (χ1) is 16.6. The zero-order valence-corrected chi connectivity index (χ0v) is 20.2. The first-order valence-electron chi connectivity index (χ1n) is 10.6. The van der Waals surface area contributed by atoms with Crippen LogP contribution in [0.25, 0.3) is 10.4 Å². The summed E-state index contributed by atoms with van der Waals surface area (Å²) in [4.78, 5) is 39.4. The number of ether oxygens (including phenoxy) is 1. The standard InChI is InChI=1S/C24H24FN3O6S/c1-4-34-24(31)27(13-16-7-5-6-8-19(16)25)22-20(23(29)30)18(14-26(2)3)21(35-22)15-9-11-17(12-10-15)28(32)33/h5-12H,4,13-14H2,1-3H3,(H,29,30). The van der Waals surface area contributed by atoms with Crippen molar-refractivity contribution in [2.45, 2.75) is 20.0 Å². The van der Waals surface area contributed by atoms with Gasteiger partial charge >= 0.3 is 12.1 Å². The van der Waals surface area contributed by atoms with Crippen LogP contribution in [0.2, 0.25) is 0 Å². The minimum atomic E-state index is -1.26. The molecular formula is C24H24FN3O6S. The highest BCUT2D eigenvalue weighted by Gasteiger charge is 2.31. The topological polar surface area (TPSA) is 113 Å². The Labute approximate surface area is 205 Å². The average Bonchev–Trinajstić information content (AvgIpc) is 3.17. The number of carbonyl (C=O) groups excluding carboxylic acids is 1. The molecule has 1 amide bonds. The molecule has 3 aromatic rings. The number of nitro groups is 1. The number of benzene rings is 2. The Morgan fingerprint density at radius 1 is 1.11 bits per heavy atom. The molecule has 0 aliphatic heterocycles. The summed E-state index contributed by atoms with van der Waals surface area (Å²) in [6.45, 7) is 1.64. The quantitative estimate of drug-likeness (QED) is 0.309. The Morgan fingerprint density at radius 3 is 2.31 bits per heavy atom. The number of amides is 1. The number of hydrogen-bond donors (Lipinski definition) is 1. The lowest BCUT2D eigenvalue weighted by Crippen LogP contribution is -2.32. The number of halogens is 1. The molecule has 1 heterocycles. The van der Waals surface area contributed by atoms with E-state index in [1.807, 2.05) is 0 Å². The van der Waals surface area contributed by atoms with Crippen LogP contribution in [-0.2, 0) is 17.8 Å². The molecular weight excluding hydrogens is 477 g/mol. The molecule has 9 nitrogen and oxygen atoms in total. The van der Waals surface area contributed by atoms with Crippen LogP contribution in [0, 0.1) is 15.9 Å². The Balaban J connectivity index is 2.23. The van der Waals surface area contributed by atoms with E-state index in [1.165, 1.54) is 42.5 Å². The van der Waals surface area contributed by atoms with Gasteiger partial charge in [0.2, 0.25) is 0 Å². The lowest BCUT2D eigenvalue weighted by atomic mass is 10.0. The fourth-order valence-corrected chi connectivity index (χ4v) is 4.81. The summed E-state index contributed by atoms with van der Waals surface area (Å²) in [6.07, 6.45) is -0.814. The van der Waals surface area contributed by atoms with E-state index in [0.717, 1.165) is 16.2 Å². The van der Waals surface area contributed by atoms with E-state index in [1.54, 1.807) is 32.0 Å². The fourth-order valence-electron chi connectivity index (χ4n) is 3.51. The van der Waals surface area contributed by atoms with Gasteiger partial charge in [0.25, 0.3) is 5.69 Å². The number of aromatic carboxylic acids is 1. The van der Waals surface area contributed by atoms with Crippen LogP contribution in [-0.4, -0.2) is 47.7 Å². The predicted molar refractivity (Wildman–Crippen MR) is 130 cm³/mol. The van der Waals surface area contributed by atoms with Crippen molar-refractivity contribution >= 4 is 34.1 Å². The Morgan fingerprint density at radius 2 is 1.77 bits per heavy atom. The summed E-state index contributed by atoms with van der Waals surface area (Å²) < 4.78 is 19.6. The van der Waals surface area contributed by atoms with Crippen LogP contribution in [0.15, 0.2) is 48.5 Å². The lowest BCUT2D eigenvalue weighted by Gasteiger charge is -2.22. The molecule has 0 aliphatic carbocycles. The van der Waals surface area contributed by atoms with Crippen molar-refractivity contribution in [1.82, 2.24) is 4.90 Å². The molecule has 0 bridgehead atoms. The summed E-state index contributed by atoms with van der Waals surface area (Å²) in [5, 5.41) is 21.3. The van der Waals surface area contributed by atoms with Gasteiger partial charge in [0, 0.05) is 34.7 Å². The molecule has 1 aromatic heterocycles. The summed E-state index contributed by atoms with van der Waals surface area (Å²) >= 11 is 1.04. The van der Waals surface area contributed by atoms with Crippen LogP contribution in [0.1, 0.15) is 28.4 Å². The van der Waals surface area contributed by atoms with E-state index in [4.69, 9.17) is 4.74 Å². The van der Waals surface area contributed by atoms with Crippen molar-refractivity contribution in [1.29, 1.82) is 0 Å². The number of non-ortho nitro benzene ring substituents is 1. The van der Waals surface area contributed by atoms with E-state index in [2.05, 4.69) is 0 Å². The van der Waals surface area contributed by atoms with Crippen LogP contribution in [0.3, 0.4) is 0 Å². The lowest BCUT2D eigenvalue weighted by molar-refractivity contribution is -0.384. The number of anilines is 1. The summed E-state index contributed by atoms with van der Waals surface area (Å²) in [5.41, 5.74) is 0.962. The van der Waals surface area contributed by atoms with Gasteiger partial charge in [-0.2, -0.15) is 0 Å². The van der Waals surface area contributed by atoms with E-state index in [0.29, 0.717) is 16.0 Å². The zero-order chi connectivity index (χ0) is 25.7. The third-order valence-corrected chi connectivity index (χ3v) is 6.34. The number of nitro benzene ring substituents is 1. The molecule has 0 spiro atoms. The zero-order valence-electron chi connectivity index (χ0n) is 19.4. The molecule has 3 rings (SSSR count). The molecule has 0 unspecified atom stereocenters. The maximum absolute atomic E-state index is 14.4. The van der Waals surface area contributed by atoms with Gasteiger partial charge in [-0.15, -0.1) is 11.3 Å². The molecule has 0 atom stereocenters. The molecule has 0 fully saturated rings. The van der Waals surface area contributed by atoms with Gasteiger partial charge in [0.1, 0.15) is 10.8 Å². The number of hydrogen-bond acceptors (Lipinski definition) is 7. The van der Waals surface area contributed by atoms with E-state index < -0.39 is 22.8 Å². The van der Waals surface area contributed by atoms with Gasteiger partial charge < -0.3 is 14.7 Å². The van der Waals surface area contributed by atoms with Gasteiger partial charge in [-0.05, 0) is 44.8 Å². The molecule has 184 valence electrons. The van der Waals surface area contributed by atoms with Gasteiger partial charge in [-0.3, -0.25) is 15.0 Å². The average molecular weight is 502 g/mol. The van der Waals surface area contributed by atoms with Gasteiger partial charge in [-0.1, -0.05) is 18.2 Å². The van der Waals surface area contributed by atoms with Crippen LogP contribution >= 0.6 is 11.3 Å². The third-order valence-electron chi connectivity index (χ3n) is 5.04. The number of nitrogens with zero attached hydrogens (tertiary/aromatic N) is 3. The monoisotopic (exact) mass is 501 g/mol. The number of carboxylic acid groups (broad SMARTS) is 1. The number of carboxylic acids is 1. The fraction of sp³-hybridized carbons (Fsp3) is 0.250. The van der Waals surface area contributed by atoms with E-state index in [9.17, 15) is 29.2 Å². The number of carbonyl (C=O) groups is 2. The second-order valence-electron chi connectivity index (χ2n) is 7.81. The molecule has 0 aliphatic rings. The largest absolute Gasteiger partial charge is 0.478 e. The van der Waals surface area contributed by atoms with Crippen molar-refractivity contribution in [3.63, 3.8) is 0 Å². The minimum absolute atomic E-state index is 0.0418. The molecule has 1 N–H and O–H groups in total. The first-order valence-corrected chi connectivity index (χ1v) is 11.4. The van der Waals surface area contributed by atoms with Gasteiger partial charge in [0.05, 0.1) is 23.6 Å². The summed E-state index contributed by atoms with van der Waals surface area (Å²) in [5.74, 6) is -1.80. The molecule has 0 saturated heterocycles. The van der Waals surface area contributed by atoms with E-state index >= 15 is 0 Å². The van der Waals surface area contributed by atoms with Crippen LogP contribution in [0.4, 0.5) is 19.9 Å². The Hall–Kier alpha value is -3.83. The number of rotatable bonds is 9. The van der Waals surface area contributed by atoms with Crippen molar-refractivity contribution in [2.75, 3.05) is 25.6 Å². The van der Waals surface area contributed by atoms with Gasteiger partial charge in [0.15, 0.2) is 0 Å². The van der Waals surface area contributed by atoms with Crippen LogP contribution < -0.4 is 4.90 Å². The Bertz CT molecular complexity index is 1240. The van der Waals surface area contributed by atoms with Crippen molar-refractivity contribution in [2.24, 2.45) is 0 Å². The van der Waals surface area contributed by atoms with Crippen molar-refractivity contribution < 1.29 is 28.7 Å². The second kappa shape index (κ2) is 11.1. The normalized spacial score (nSPS) is 10.9. The van der Waals surface area contributed by atoms with Gasteiger partial charge in [-0.25, -0.2) is 14.0 Å². The molecule has 11 heteroatoms. The Kier molecular flexibility index (Phi) is 8.15. The summed E-state index contributed by atoms with van der Waals surface area (Å²) in [7, 11) is 3.54. The van der Waals surface area contributed by atoms with Crippen molar-refractivity contribution in [3.05, 3.63) is 81.2 Å². The maximum Gasteiger partial charge on any atom is 0.415 e. The smallest absolute Gasteiger partial charge is 0.415 e. The van der Waals surface area contributed by atoms with E-state index in [-0.39, 0.29) is 41.5 Å².